The first-order valence-electron chi connectivity index (χ1n) is 9.50. The van der Waals surface area contributed by atoms with Crippen LogP contribution in [0.25, 0.3) is 0 Å². The number of hydrogen-bond acceptors (Lipinski definition) is 8. The molecule has 1 unspecified atom stereocenters. The number of carbonyl (C=O) groups excluding carboxylic acids is 2. The van der Waals surface area contributed by atoms with Crippen molar-refractivity contribution in [3.63, 3.8) is 0 Å². The highest BCUT2D eigenvalue weighted by Crippen LogP contribution is 2.25. The number of aromatic nitrogens is 2. The topological polar surface area (TPSA) is 127 Å². The summed E-state index contributed by atoms with van der Waals surface area (Å²) in [6, 6.07) is 14.7. The number of anilines is 1. The molecule has 9 nitrogen and oxygen atoms in total. The van der Waals surface area contributed by atoms with Crippen molar-refractivity contribution in [2.75, 3.05) is 11.9 Å². The summed E-state index contributed by atoms with van der Waals surface area (Å²) in [4.78, 5) is 29.3. The molecule has 1 aromatic heterocycles. The average Bonchev–Trinajstić information content (AvgIpc) is 3.20. The Morgan fingerprint density at radius 3 is 2.55 bits per heavy atom. The predicted octanol–water partition coefficient (Wildman–Crippen LogP) is 3.32. The molecule has 3 aromatic rings. The van der Waals surface area contributed by atoms with Gasteiger partial charge in [-0.25, -0.2) is 0 Å². The van der Waals surface area contributed by atoms with Crippen molar-refractivity contribution in [2.24, 2.45) is 5.92 Å². The van der Waals surface area contributed by atoms with Gasteiger partial charge in [0.25, 0.3) is 0 Å². The van der Waals surface area contributed by atoms with E-state index in [1.807, 2.05) is 6.92 Å². The summed E-state index contributed by atoms with van der Waals surface area (Å²) >= 11 is 0. The Bertz CT molecular complexity index is 1100. The van der Waals surface area contributed by atoms with Gasteiger partial charge in [0.15, 0.2) is 18.3 Å². The smallest absolute Gasteiger partial charge is 0.249 e. The van der Waals surface area contributed by atoms with Crippen molar-refractivity contribution in [3.8, 4) is 17.6 Å². The second-order valence-corrected chi connectivity index (χ2v) is 6.39. The van der Waals surface area contributed by atoms with Crippen LogP contribution in [0.1, 0.15) is 29.0 Å². The van der Waals surface area contributed by atoms with E-state index in [2.05, 4.69) is 15.5 Å². The lowest BCUT2D eigenvalue weighted by Crippen LogP contribution is -2.28. The third-order valence-corrected chi connectivity index (χ3v) is 4.17. The Kier molecular flexibility index (Phi) is 6.96. The van der Waals surface area contributed by atoms with Crippen molar-refractivity contribution in [1.29, 1.82) is 5.26 Å². The highest BCUT2D eigenvalue weighted by Gasteiger charge is 2.28. The van der Waals surface area contributed by atoms with Gasteiger partial charge in [0, 0.05) is 12.5 Å². The van der Waals surface area contributed by atoms with Crippen molar-refractivity contribution < 1.29 is 23.6 Å². The summed E-state index contributed by atoms with van der Waals surface area (Å²) < 4.78 is 15.9. The highest BCUT2D eigenvalue weighted by atomic mass is 16.5. The fourth-order valence-corrected chi connectivity index (χ4v) is 2.72. The third-order valence-electron chi connectivity index (χ3n) is 4.17. The van der Waals surface area contributed by atoms with E-state index in [0.717, 1.165) is 0 Å². The van der Waals surface area contributed by atoms with Crippen LogP contribution in [0.5, 0.6) is 11.5 Å². The molecule has 1 amide bonds. The molecule has 0 fully saturated rings. The minimum Gasteiger partial charge on any atom is -0.492 e. The fourth-order valence-electron chi connectivity index (χ4n) is 2.72. The lowest BCUT2D eigenvalue weighted by atomic mass is 9.98. The monoisotopic (exact) mass is 420 g/mol. The molecular formula is C22H20N4O5. The van der Waals surface area contributed by atoms with Gasteiger partial charge in [0.2, 0.25) is 17.6 Å². The highest BCUT2D eigenvalue weighted by molar-refractivity contribution is 6.15. The predicted molar refractivity (Wildman–Crippen MR) is 109 cm³/mol. The number of aryl methyl sites for hydroxylation is 1. The molecule has 3 rings (SSSR count). The molecule has 1 N–H and O–H groups in total. The molecule has 0 aliphatic rings. The van der Waals surface area contributed by atoms with Crippen LogP contribution in [0.4, 0.5) is 5.69 Å². The standard InChI is InChI=1S/C22H20N4O5/c1-3-29-19-7-5-4-6-18(19)25-22(28)17(12-23)21(27)15-8-10-16(11-9-15)30-13-20-24-14(2)31-26-20/h4-11,17H,3,13H2,1-2H3,(H,25,28). The number of nitrogens with zero attached hydrogens (tertiary/aromatic N) is 3. The normalized spacial score (nSPS) is 11.3. The zero-order valence-electron chi connectivity index (χ0n) is 17.0. The van der Waals surface area contributed by atoms with Crippen LogP contribution in [-0.2, 0) is 11.4 Å². The van der Waals surface area contributed by atoms with Crippen molar-refractivity contribution in [2.45, 2.75) is 20.5 Å². The van der Waals surface area contributed by atoms with Crippen LogP contribution in [0.3, 0.4) is 0 Å². The number of amides is 1. The Morgan fingerprint density at radius 2 is 1.90 bits per heavy atom. The van der Waals surface area contributed by atoms with Gasteiger partial charge in [0.05, 0.1) is 18.4 Å². The van der Waals surface area contributed by atoms with E-state index in [0.29, 0.717) is 35.5 Å². The summed E-state index contributed by atoms with van der Waals surface area (Å²) in [5.41, 5.74) is 0.602. The molecule has 0 bridgehead atoms. The van der Waals surface area contributed by atoms with E-state index < -0.39 is 17.6 Å². The number of Topliss-reactive ketones (excluding diaryl/α,β-unsaturated/α-hetero) is 1. The molecule has 0 aliphatic heterocycles. The van der Waals surface area contributed by atoms with Crippen LogP contribution in [0.15, 0.2) is 53.1 Å². The summed E-state index contributed by atoms with van der Waals surface area (Å²) in [6.07, 6.45) is 0. The van der Waals surface area contributed by atoms with E-state index in [1.165, 1.54) is 12.1 Å². The SMILES string of the molecule is CCOc1ccccc1NC(=O)C(C#N)C(=O)c1ccc(OCc2noc(C)n2)cc1. The lowest BCUT2D eigenvalue weighted by Gasteiger charge is -2.13. The molecule has 0 saturated carbocycles. The second kappa shape index (κ2) is 10.0. The summed E-state index contributed by atoms with van der Waals surface area (Å²) in [5, 5.41) is 15.8. The van der Waals surface area contributed by atoms with Gasteiger partial charge in [-0.3, -0.25) is 9.59 Å². The van der Waals surface area contributed by atoms with Crippen molar-refractivity contribution in [3.05, 3.63) is 65.8 Å². The molecule has 0 saturated heterocycles. The second-order valence-electron chi connectivity index (χ2n) is 6.39. The van der Waals surface area contributed by atoms with Gasteiger partial charge in [-0.05, 0) is 43.3 Å². The Hall–Kier alpha value is -4.19. The number of benzene rings is 2. The van der Waals surface area contributed by atoms with Gasteiger partial charge in [-0.1, -0.05) is 17.3 Å². The maximum Gasteiger partial charge on any atom is 0.249 e. The fraction of sp³-hybridized carbons (Fsp3) is 0.227. The number of ether oxygens (including phenoxy) is 2. The molecule has 0 radical (unpaired) electrons. The lowest BCUT2D eigenvalue weighted by molar-refractivity contribution is -0.117. The van der Waals surface area contributed by atoms with Gasteiger partial charge in [0.1, 0.15) is 11.5 Å². The number of nitriles is 1. The molecule has 0 aliphatic carbocycles. The van der Waals surface area contributed by atoms with Crippen LogP contribution in [0, 0.1) is 24.2 Å². The molecule has 31 heavy (non-hydrogen) atoms. The Balaban J connectivity index is 1.65. The number of nitrogens with one attached hydrogen (secondary N) is 1. The molecule has 0 spiro atoms. The van der Waals surface area contributed by atoms with Crippen LogP contribution in [-0.4, -0.2) is 28.4 Å². The molecular weight excluding hydrogens is 400 g/mol. The maximum absolute atomic E-state index is 12.7. The van der Waals surface area contributed by atoms with Gasteiger partial charge < -0.3 is 19.3 Å². The molecule has 2 aromatic carbocycles. The van der Waals surface area contributed by atoms with E-state index in [1.54, 1.807) is 49.4 Å². The third kappa shape index (κ3) is 5.45. The summed E-state index contributed by atoms with van der Waals surface area (Å²) in [6.45, 7) is 4.01. The minimum atomic E-state index is -1.51. The zero-order chi connectivity index (χ0) is 22.2. The number of carbonyl (C=O) groups is 2. The molecule has 158 valence electrons. The summed E-state index contributed by atoms with van der Waals surface area (Å²) in [7, 11) is 0. The Morgan fingerprint density at radius 1 is 1.16 bits per heavy atom. The van der Waals surface area contributed by atoms with E-state index in [4.69, 9.17) is 14.0 Å². The number of rotatable bonds is 9. The molecule has 1 heterocycles. The number of hydrogen-bond donors (Lipinski definition) is 1. The van der Waals surface area contributed by atoms with Crippen LogP contribution in [0.2, 0.25) is 0 Å². The number of para-hydroxylation sites is 2. The van der Waals surface area contributed by atoms with Crippen molar-refractivity contribution >= 4 is 17.4 Å². The van der Waals surface area contributed by atoms with Gasteiger partial charge in [-0.2, -0.15) is 10.2 Å². The van der Waals surface area contributed by atoms with E-state index >= 15 is 0 Å². The first-order chi connectivity index (χ1) is 15.0. The Labute approximate surface area is 178 Å². The summed E-state index contributed by atoms with van der Waals surface area (Å²) in [5.74, 6) is -1.09. The molecule has 1 atom stereocenters. The minimum absolute atomic E-state index is 0.104. The van der Waals surface area contributed by atoms with E-state index in [9.17, 15) is 14.9 Å². The van der Waals surface area contributed by atoms with E-state index in [-0.39, 0.29) is 12.2 Å². The van der Waals surface area contributed by atoms with Gasteiger partial charge >= 0.3 is 0 Å². The van der Waals surface area contributed by atoms with Gasteiger partial charge in [-0.15, -0.1) is 0 Å². The first kappa shape index (κ1) is 21.5. The molecule has 9 heteroatoms. The van der Waals surface area contributed by atoms with Crippen LogP contribution >= 0.6 is 0 Å². The van der Waals surface area contributed by atoms with Crippen molar-refractivity contribution in [1.82, 2.24) is 10.1 Å². The maximum atomic E-state index is 12.7. The largest absolute Gasteiger partial charge is 0.492 e. The average molecular weight is 420 g/mol. The van der Waals surface area contributed by atoms with Crippen LogP contribution < -0.4 is 14.8 Å². The quantitative estimate of drug-likeness (QED) is 0.412. The number of ketones is 1. The zero-order valence-corrected chi connectivity index (χ0v) is 17.0. The first-order valence-corrected chi connectivity index (χ1v) is 9.50.